The number of hydrogen-bond donors (Lipinski definition) is 2. The first-order valence-corrected chi connectivity index (χ1v) is 9.20. The summed E-state index contributed by atoms with van der Waals surface area (Å²) in [5.41, 5.74) is 0.661. The van der Waals surface area contributed by atoms with E-state index in [1.165, 1.54) is 30.3 Å². The van der Waals surface area contributed by atoms with Gasteiger partial charge in [-0.25, -0.2) is 8.42 Å². The Balaban J connectivity index is 0.00000210. The zero-order chi connectivity index (χ0) is 18.5. The summed E-state index contributed by atoms with van der Waals surface area (Å²) in [6, 6.07) is 17.6. The zero-order valence-electron chi connectivity index (χ0n) is 14.4. The molecule has 27 heavy (non-hydrogen) atoms. The average Bonchev–Trinajstić information content (AvgIpc) is 2.61. The van der Waals surface area contributed by atoms with E-state index in [0.29, 0.717) is 16.3 Å². The third-order valence-corrected chi connectivity index (χ3v) is 5.32. The normalized spacial score (nSPS) is 11.4. The molecule has 0 spiro atoms. The van der Waals surface area contributed by atoms with Crippen LogP contribution in [0.2, 0.25) is 0 Å². The maximum Gasteiger partial charge on any atom is 1.00 e. The first-order chi connectivity index (χ1) is 12.4. The quantitative estimate of drug-likeness (QED) is 0.394. The molecule has 0 amide bonds. The predicted octanol–water partition coefficient (Wildman–Crippen LogP) is 0.979. The smallest absolute Gasteiger partial charge is 0.744 e. The molecule has 4 aromatic rings. The number of phenols is 2. The van der Waals surface area contributed by atoms with Crippen LogP contribution in [0.3, 0.4) is 0 Å². The summed E-state index contributed by atoms with van der Waals surface area (Å²) in [6.45, 7) is 0. The molecule has 0 aliphatic carbocycles. The summed E-state index contributed by atoms with van der Waals surface area (Å²) in [5.74, 6) is -0.175. The zero-order valence-corrected chi connectivity index (χ0v) is 17.2. The van der Waals surface area contributed by atoms with E-state index >= 15 is 0 Å². The molecule has 4 rings (SSSR count). The SMILES string of the molecule is O=S(=O)([O-])c1cccc2c(-c3c(O)ccc4ccccc34)c(O)ccc12.[Na+]. The van der Waals surface area contributed by atoms with Crippen molar-refractivity contribution in [3.63, 3.8) is 0 Å². The Morgan fingerprint density at radius 2 is 1.26 bits per heavy atom. The molecule has 0 saturated carbocycles. The van der Waals surface area contributed by atoms with E-state index in [-0.39, 0.29) is 56.9 Å². The first-order valence-electron chi connectivity index (χ1n) is 7.79. The van der Waals surface area contributed by atoms with Crippen molar-refractivity contribution in [1.29, 1.82) is 0 Å². The van der Waals surface area contributed by atoms with Gasteiger partial charge in [-0.2, -0.15) is 0 Å². The Kier molecular flexibility index (Phi) is 5.20. The second-order valence-electron chi connectivity index (χ2n) is 5.95. The summed E-state index contributed by atoms with van der Waals surface area (Å²) >= 11 is 0. The molecule has 0 aliphatic rings. The van der Waals surface area contributed by atoms with Crippen LogP contribution in [0.5, 0.6) is 11.5 Å². The molecule has 0 heterocycles. The molecule has 0 aromatic heterocycles. The number of fused-ring (bicyclic) bond motifs is 2. The fourth-order valence-electron chi connectivity index (χ4n) is 3.32. The maximum absolute atomic E-state index is 11.6. The molecule has 2 N–H and O–H groups in total. The van der Waals surface area contributed by atoms with Gasteiger partial charge >= 0.3 is 29.6 Å². The van der Waals surface area contributed by atoms with E-state index in [4.69, 9.17) is 0 Å². The van der Waals surface area contributed by atoms with Crippen LogP contribution in [0.15, 0.2) is 71.6 Å². The number of aromatic hydroxyl groups is 2. The van der Waals surface area contributed by atoms with E-state index in [0.717, 1.165) is 5.39 Å². The largest absolute Gasteiger partial charge is 1.00 e. The van der Waals surface area contributed by atoms with Crippen molar-refractivity contribution in [2.24, 2.45) is 0 Å². The van der Waals surface area contributed by atoms with Gasteiger partial charge in [-0.15, -0.1) is 0 Å². The summed E-state index contributed by atoms with van der Waals surface area (Å²) in [7, 11) is -4.69. The molecule has 0 bridgehead atoms. The molecule has 0 unspecified atom stereocenters. The number of benzene rings is 4. The van der Waals surface area contributed by atoms with Gasteiger partial charge in [0.05, 0.1) is 4.90 Å². The molecule has 4 aromatic carbocycles. The van der Waals surface area contributed by atoms with Gasteiger partial charge in [-0.1, -0.05) is 42.5 Å². The van der Waals surface area contributed by atoms with E-state index in [9.17, 15) is 23.2 Å². The number of phenolic OH excluding ortho intramolecular Hbond substituents is 2. The van der Waals surface area contributed by atoms with Crippen LogP contribution in [-0.4, -0.2) is 23.2 Å². The second kappa shape index (κ2) is 7.14. The van der Waals surface area contributed by atoms with Crippen LogP contribution in [0, 0.1) is 0 Å². The molecular weight excluding hydrogens is 375 g/mol. The Labute approximate surface area is 177 Å². The van der Waals surface area contributed by atoms with Crippen LogP contribution in [0.1, 0.15) is 0 Å². The van der Waals surface area contributed by atoms with Crippen molar-refractivity contribution in [3.8, 4) is 22.6 Å². The Bertz CT molecular complexity index is 1280. The van der Waals surface area contributed by atoms with Gasteiger partial charge < -0.3 is 14.8 Å². The molecule has 5 nitrogen and oxygen atoms in total. The Morgan fingerprint density at radius 3 is 1.96 bits per heavy atom. The van der Waals surface area contributed by atoms with Crippen molar-refractivity contribution in [2.75, 3.05) is 0 Å². The van der Waals surface area contributed by atoms with Crippen molar-refractivity contribution >= 4 is 31.7 Å². The molecule has 0 atom stereocenters. The van der Waals surface area contributed by atoms with Gasteiger partial charge in [-0.3, -0.25) is 0 Å². The van der Waals surface area contributed by atoms with Crippen molar-refractivity contribution in [2.45, 2.75) is 4.90 Å². The van der Waals surface area contributed by atoms with E-state index < -0.39 is 10.1 Å². The van der Waals surface area contributed by atoms with Gasteiger partial charge in [0.1, 0.15) is 21.6 Å². The summed E-state index contributed by atoms with van der Waals surface area (Å²) in [4.78, 5) is -0.365. The monoisotopic (exact) mass is 388 g/mol. The van der Waals surface area contributed by atoms with Gasteiger partial charge in [-0.05, 0) is 40.4 Å². The van der Waals surface area contributed by atoms with Crippen LogP contribution in [0.4, 0.5) is 0 Å². The van der Waals surface area contributed by atoms with Gasteiger partial charge in [0, 0.05) is 16.5 Å². The standard InChI is InChI=1S/C20H14O5S.Na/c21-16-10-8-12-4-1-2-5-13(12)19(16)20-15-6-3-7-18(26(23,24)25)14(15)9-11-17(20)22;/h1-11,21-22H,(H,23,24,25);/q;+1/p-1. The predicted molar refractivity (Wildman–Crippen MR) is 98.2 cm³/mol. The van der Waals surface area contributed by atoms with E-state index in [2.05, 4.69) is 0 Å². The van der Waals surface area contributed by atoms with Crippen LogP contribution < -0.4 is 29.6 Å². The average molecular weight is 388 g/mol. The minimum atomic E-state index is -4.69. The van der Waals surface area contributed by atoms with Gasteiger partial charge in [0.2, 0.25) is 0 Å². The third kappa shape index (κ3) is 3.31. The van der Waals surface area contributed by atoms with E-state index in [1.807, 2.05) is 12.1 Å². The van der Waals surface area contributed by atoms with E-state index in [1.54, 1.807) is 24.3 Å². The van der Waals surface area contributed by atoms with Crippen molar-refractivity contribution in [1.82, 2.24) is 0 Å². The van der Waals surface area contributed by atoms with Crippen molar-refractivity contribution in [3.05, 3.63) is 66.7 Å². The molecule has 7 heteroatoms. The van der Waals surface area contributed by atoms with Crippen molar-refractivity contribution < 1.29 is 52.7 Å². The van der Waals surface area contributed by atoms with Gasteiger partial charge in [0.25, 0.3) is 0 Å². The molecule has 130 valence electrons. The summed E-state index contributed by atoms with van der Waals surface area (Å²) in [5, 5.41) is 23.1. The molecular formula is C20H13NaO5S. The Hall–Kier alpha value is -2.09. The van der Waals surface area contributed by atoms with Gasteiger partial charge in [0.15, 0.2) is 0 Å². The topological polar surface area (TPSA) is 97.7 Å². The minimum Gasteiger partial charge on any atom is -0.744 e. The molecule has 0 aliphatic heterocycles. The fourth-order valence-corrected chi connectivity index (χ4v) is 4.01. The second-order valence-corrected chi connectivity index (χ2v) is 7.29. The maximum atomic E-state index is 11.6. The number of rotatable bonds is 2. The molecule has 0 saturated heterocycles. The summed E-state index contributed by atoms with van der Waals surface area (Å²) in [6.07, 6.45) is 0. The van der Waals surface area contributed by atoms with Crippen LogP contribution in [0.25, 0.3) is 32.7 Å². The Morgan fingerprint density at radius 1 is 0.667 bits per heavy atom. The van der Waals surface area contributed by atoms with Crippen LogP contribution in [-0.2, 0) is 10.1 Å². The summed E-state index contributed by atoms with van der Waals surface area (Å²) < 4.78 is 34.8. The number of hydrogen-bond acceptors (Lipinski definition) is 5. The minimum absolute atomic E-state index is 0. The third-order valence-electron chi connectivity index (χ3n) is 4.43. The fraction of sp³-hybridized carbons (Fsp3) is 0. The first kappa shape index (κ1) is 19.7. The molecule has 0 fully saturated rings. The molecule has 0 radical (unpaired) electrons. The van der Waals surface area contributed by atoms with Crippen LogP contribution >= 0.6 is 0 Å².